The average Bonchev–Trinajstić information content (AvgIpc) is 2.58. The van der Waals surface area contributed by atoms with Gasteiger partial charge >= 0.3 is 0 Å². The lowest BCUT2D eigenvalue weighted by Crippen LogP contribution is -2.40. The maximum atomic E-state index is 12.7. The Hall–Kier alpha value is -1.15. The third-order valence-corrected chi connectivity index (χ3v) is 6.38. The summed E-state index contributed by atoms with van der Waals surface area (Å²) < 4.78 is 32.0. The summed E-state index contributed by atoms with van der Waals surface area (Å²) in [6.45, 7) is 5.28. The Morgan fingerprint density at radius 3 is 2.50 bits per heavy atom. The highest BCUT2D eigenvalue weighted by Gasteiger charge is 2.27. The molecule has 134 valence electrons. The van der Waals surface area contributed by atoms with Gasteiger partial charge in [0.05, 0.1) is 28.8 Å². The lowest BCUT2D eigenvalue weighted by molar-refractivity contribution is -0.120. The molecule has 0 atom stereocenters. The minimum Gasteiger partial charge on any atom is -0.379 e. The monoisotopic (exact) mass is 374 g/mol. The number of nitrogens with one attached hydrogen (secondary N) is 1. The predicted molar refractivity (Wildman–Crippen MR) is 93.7 cm³/mol. The molecule has 0 spiro atoms. The van der Waals surface area contributed by atoms with Crippen LogP contribution in [-0.4, -0.2) is 44.9 Å². The third-order valence-electron chi connectivity index (χ3n) is 4.16. The van der Waals surface area contributed by atoms with Gasteiger partial charge in [-0.05, 0) is 31.0 Å². The van der Waals surface area contributed by atoms with Crippen LogP contribution >= 0.6 is 11.6 Å². The van der Waals surface area contributed by atoms with Crippen molar-refractivity contribution in [3.8, 4) is 0 Å². The number of ether oxygens (including phenoxy) is 1. The summed E-state index contributed by atoms with van der Waals surface area (Å²) in [6, 6.07) is 4.38. The molecule has 0 aromatic heterocycles. The molecule has 2 rings (SSSR count). The first kappa shape index (κ1) is 19.2. The van der Waals surface area contributed by atoms with Crippen LogP contribution in [0.5, 0.6) is 0 Å². The van der Waals surface area contributed by atoms with Gasteiger partial charge in [-0.25, -0.2) is 8.42 Å². The summed E-state index contributed by atoms with van der Waals surface area (Å²) >= 11 is 6.12. The molecule has 24 heavy (non-hydrogen) atoms. The molecule has 1 aromatic rings. The largest absolute Gasteiger partial charge is 0.379 e. The van der Waals surface area contributed by atoms with Crippen molar-refractivity contribution in [1.82, 2.24) is 4.31 Å². The minimum atomic E-state index is -3.63. The molecule has 1 aliphatic heterocycles. The van der Waals surface area contributed by atoms with E-state index in [0.29, 0.717) is 49.9 Å². The van der Waals surface area contributed by atoms with Gasteiger partial charge in [0.1, 0.15) is 0 Å². The summed E-state index contributed by atoms with van der Waals surface area (Å²) in [4.78, 5) is 12.4. The smallest absolute Gasteiger partial charge is 0.243 e. The number of hydrogen-bond donors (Lipinski definition) is 1. The second-order valence-corrected chi connectivity index (χ2v) is 8.01. The van der Waals surface area contributed by atoms with Crippen molar-refractivity contribution in [2.45, 2.75) is 31.6 Å². The second kappa shape index (κ2) is 8.29. The van der Waals surface area contributed by atoms with Crippen molar-refractivity contribution in [2.24, 2.45) is 5.92 Å². The van der Waals surface area contributed by atoms with E-state index >= 15 is 0 Å². The fourth-order valence-corrected chi connectivity index (χ4v) is 4.19. The van der Waals surface area contributed by atoms with Crippen molar-refractivity contribution < 1.29 is 17.9 Å². The molecule has 6 nitrogen and oxygen atoms in total. The molecule has 1 saturated heterocycles. The predicted octanol–water partition coefficient (Wildman–Crippen LogP) is 2.74. The van der Waals surface area contributed by atoms with Crippen LogP contribution in [0, 0.1) is 5.92 Å². The van der Waals surface area contributed by atoms with E-state index in [1.165, 1.54) is 22.5 Å². The van der Waals surface area contributed by atoms with Gasteiger partial charge in [-0.3, -0.25) is 4.79 Å². The minimum absolute atomic E-state index is 0.119. The fourth-order valence-electron chi connectivity index (χ4n) is 2.59. The number of rotatable bonds is 6. The lowest BCUT2D eigenvalue weighted by Gasteiger charge is -2.26. The lowest BCUT2D eigenvalue weighted by atomic mass is 10.0. The Labute approximate surface area is 148 Å². The van der Waals surface area contributed by atoms with Gasteiger partial charge in [-0.15, -0.1) is 0 Å². The molecule has 0 aliphatic carbocycles. The summed E-state index contributed by atoms with van der Waals surface area (Å²) in [6.07, 6.45) is 1.43. The van der Waals surface area contributed by atoms with Crippen LogP contribution in [0.15, 0.2) is 23.1 Å². The van der Waals surface area contributed by atoms with Crippen LogP contribution in [-0.2, 0) is 19.6 Å². The van der Waals surface area contributed by atoms with E-state index in [2.05, 4.69) is 5.32 Å². The van der Waals surface area contributed by atoms with E-state index in [-0.39, 0.29) is 16.7 Å². The fraction of sp³-hybridized carbons (Fsp3) is 0.562. The van der Waals surface area contributed by atoms with Crippen LogP contribution < -0.4 is 5.32 Å². The summed E-state index contributed by atoms with van der Waals surface area (Å²) in [7, 11) is -3.63. The molecular formula is C16H23ClN2O4S. The van der Waals surface area contributed by atoms with Crippen LogP contribution in [0.4, 0.5) is 5.69 Å². The SMILES string of the molecule is CCC(CC)C(=O)Nc1cc(S(=O)(=O)N2CCOCC2)ccc1Cl. The maximum absolute atomic E-state index is 12.7. The third kappa shape index (κ3) is 4.27. The van der Waals surface area contributed by atoms with E-state index in [4.69, 9.17) is 16.3 Å². The van der Waals surface area contributed by atoms with Gasteiger partial charge in [0.2, 0.25) is 15.9 Å². The van der Waals surface area contributed by atoms with Crippen molar-refractivity contribution in [2.75, 3.05) is 31.6 Å². The molecular weight excluding hydrogens is 352 g/mol. The molecule has 1 heterocycles. The zero-order valence-electron chi connectivity index (χ0n) is 13.9. The number of nitrogens with zero attached hydrogens (tertiary/aromatic N) is 1. The second-order valence-electron chi connectivity index (χ2n) is 5.66. The number of halogens is 1. The number of hydrogen-bond acceptors (Lipinski definition) is 4. The van der Waals surface area contributed by atoms with Gasteiger partial charge < -0.3 is 10.1 Å². The zero-order valence-corrected chi connectivity index (χ0v) is 15.5. The molecule has 1 aliphatic rings. The van der Waals surface area contributed by atoms with Crippen LogP contribution in [0.3, 0.4) is 0 Å². The Balaban J connectivity index is 2.26. The molecule has 0 saturated carbocycles. The van der Waals surface area contributed by atoms with E-state index in [0.717, 1.165) is 0 Å². The quantitative estimate of drug-likeness (QED) is 0.830. The van der Waals surface area contributed by atoms with E-state index in [1.807, 2.05) is 13.8 Å². The molecule has 1 amide bonds. The number of anilines is 1. The average molecular weight is 375 g/mol. The van der Waals surface area contributed by atoms with Crippen molar-refractivity contribution >= 4 is 33.2 Å². The first-order chi connectivity index (χ1) is 11.4. The highest BCUT2D eigenvalue weighted by atomic mass is 35.5. The molecule has 1 aromatic carbocycles. The van der Waals surface area contributed by atoms with E-state index in [9.17, 15) is 13.2 Å². The topological polar surface area (TPSA) is 75.7 Å². The zero-order chi connectivity index (χ0) is 17.7. The van der Waals surface area contributed by atoms with Crippen LogP contribution in [0.2, 0.25) is 5.02 Å². The van der Waals surface area contributed by atoms with Gasteiger partial charge in [0.25, 0.3) is 0 Å². The van der Waals surface area contributed by atoms with Gasteiger partial charge in [0.15, 0.2) is 0 Å². The molecule has 1 N–H and O–H groups in total. The molecule has 8 heteroatoms. The standard InChI is InChI=1S/C16H23ClN2O4S/c1-3-12(4-2)16(20)18-15-11-13(5-6-14(15)17)24(21,22)19-7-9-23-10-8-19/h5-6,11-12H,3-4,7-10H2,1-2H3,(H,18,20). The van der Waals surface area contributed by atoms with Crippen LogP contribution in [0.1, 0.15) is 26.7 Å². The van der Waals surface area contributed by atoms with E-state index in [1.54, 1.807) is 0 Å². The van der Waals surface area contributed by atoms with Gasteiger partial charge in [0, 0.05) is 19.0 Å². The van der Waals surface area contributed by atoms with E-state index < -0.39 is 10.0 Å². The Morgan fingerprint density at radius 2 is 1.92 bits per heavy atom. The molecule has 0 unspecified atom stereocenters. The van der Waals surface area contributed by atoms with Crippen molar-refractivity contribution in [1.29, 1.82) is 0 Å². The summed E-state index contributed by atoms with van der Waals surface area (Å²) in [5.41, 5.74) is 0.322. The molecule has 0 radical (unpaired) electrons. The summed E-state index contributed by atoms with van der Waals surface area (Å²) in [5.74, 6) is -0.275. The maximum Gasteiger partial charge on any atom is 0.243 e. The first-order valence-corrected chi connectivity index (χ1v) is 9.90. The van der Waals surface area contributed by atoms with Gasteiger partial charge in [-0.1, -0.05) is 25.4 Å². The summed E-state index contributed by atoms with van der Waals surface area (Å²) in [5, 5.41) is 3.06. The Morgan fingerprint density at radius 1 is 1.29 bits per heavy atom. The Bertz CT molecular complexity index is 683. The number of carbonyl (C=O) groups excluding carboxylic acids is 1. The molecule has 0 bridgehead atoms. The number of sulfonamides is 1. The Kier molecular flexibility index (Phi) is 6.62. The number of morpholine rings is 1. The highest BCUT2D eigenvalue weighted by molar-refractivity contribution is 7.89. The number of carbonyl (C=O) groups is 1. The van der Waals surface area contributed by atoms with Crippen molar-refractivity contribution in [3.05, 3.63) is 23.2 Å². The number of benzene rings is 1. The number of amides is 1. The normalized spacial score (nSPS) is 16.3. The first-order valence-electron chi connectivity index (χ1n) is 8.08. The van der Waals surface area contributed by atoms with Gasteiger partial charge in [-0.2, -0.15) is 4.31 Å². The molecule has 1 fully saturated rings. The van der Waals surface area contributed by atoms with Crippen molar-refractivity contribution in [3.63, 3.8) is 0 Å². The highest BCUT2D eigenvalue weighted by Crippen LogP contribution is 2.28. The van der Waals surface area contributed by atoms with Crippen LogP contribution in [0.25, 0.3) is 0 Å².